The van der Waals surface area contributed by atoms with Crippen molar-refractivity contribution < 1.29 is 0 Å². The van der Waals surface area contributed by atoms with Gasteiger partial charge in [0.15, 0.2) is 0 Å². The van der Waals surface area contributed by atoms with Gasteiger partial charge in [0.2, 0.25) is 0 Å². The van der Waals surface area contributed by atoms with Crippen molar-refractivity contribution in [2.75, 3.05) is 72.5 Å². The van der Waals surface area contributed by atoms with Crippen molar-refractivity contribution in [3.8, 4) is 0 Å². The molecule has 3 heterocycles. The first-order valence-corrected chi connectivity index (χ1v) is 8.62. The fourth-order valence-electron chi connectivity index (χ4n) is 4.09. The molecule has 0 atom stereocenters. The summed E-state index contributed by atoms with van der Waals surface area (Å²) in [6.45, 7) is 15.3. The van der Waals surface area contributed by atoms with Crippen LogP contribution in [-0.4, -0.2) is 98.1 Å². The molecular weight excluding hydrogens is 248 g/mol. The van der Waals surface area contributed by atoms with Crippen molar-refractivity contribution in [2.45, 2.75) is 25.8 Å². The molecule has 116 valence electrons. The van der Waals surface area contributed by atoms with Gasteiger partial charge < -0.3 is 14.7 Å². The minimum absolute atomic E-state index is 0.868. The van der Waals surface area contributed by atoms with Crippen LogP contribution in [0.15, 0.2) is 0 Å². The number of likely N-dealkylation sites (tertiary alicyclic amines) is 2. The highest BCUT2D eigenvalue weighted by Gasteiger charge is 2.30. The summed E-state index contributed by atoms with van der Waals surface area (Å²) in [4.78, 5) is 10.5. The van der Waals surface area contributed by atoms with Crippen LogP contribution in [0.4, 0.5) is 0 Å². The molecule has 0 saturated carbocycles. The predicted octanol–water partition coefficient (Wildman–Crippen LogP) is 0.650. The molecule has 0 spiro atoms. The van der Waals surface area contributed by atoms with Crippen molar-refractivity contribution >= 4 is 0 Å². The van der Waals surface area contributed by atoms with E-state index in [4.69, 9.17) is 0 Å². The molecule has 0 aliphatic carbocycles. The molecule has 3 aliphatic heterocycles. The molecule has 4 heteroatoms. The maximum absolute atomic E-state index is 2.77. The summed E-state index contributed by atoms with van der Waals surface area (Å²) in [5.41, 5.74) is 0. The van der Waals surface area contributed by atoms with Gasteiger partial charge >= 0.3 is 0 Å². The third-order valence-electron chi connectivity index (χ3n) is 5.61. The minimum Gasteiger partial charge on any atom is -0.306 e. The number of hydrogen-bond acceptors (Lipinski definition) is 4. The molecule has 3 aliphatic rings. The number of piperidine rings is 1. The van der Waals surface area contributed by atoms with E-state index in [1.165, 1.54) is 78.3 Å². The smallest absolute Gasteiger partial charge is 0.0121 e. The Kier molecular flexibility index (Phi) is 4.97. The second-order valence-corrected chi connectivity index (χ2v) is 7.09. The summed E-state index contributed by atoms with van der Waals surface area (Å²) in [6, 6.07) is 0.868. The van der Waals surface area contributed by atoms with Gasteiger partial charge in [-0.2, -0.15) is 0 Å². The molecule has 0 radical (unpaired) electrons. The topological polar surface area (TPSA) is 13.0 Å². The molecular formula is C16H32N4. The molecule has 3 rings (SSSR count). The van der Waals surface area contributed by atoms with E-state index in [2.05, 4.69) is 33.6 Å². The summed E-state index contributed by atoms with van der Waals surface area (Å²) in [6.07, 6.45) is 2.76. The van der Waals surface area contributed by atoms with Crippen molar-refractivity contribution in [3.63, 3.8) is 0 Å². The Hall–Kier alpha value is -0.160. The molecule has 3 fully saturated rings. The lowest BCUT2D eigenvalue weighted by Gasteiger charge is -2.45. The lowest BCUT2D eigenvalue weighted by atomic mass is 9.99. The van der Waals surface area contributed by atoms with Crippen LogP contribution in [0, 0.1) is 5.92 Å². The molecule has 20 heavy (non-hydrogen) atoms. The molecule has 0 aromatic rings. The van der Waals surface area contributed by atoms with Gasteiger partial charge in [-0.25, -0.2) is 0 Å². The number of nitrogens with zero attached hydrogens (tertiary/aromatic N) is 4. The molecule has 0 aromatic heterocycles. The Labute approximate surface area is 124 Å². The van der Waals surface area contributed by atoms with Gasteiger partial charge in [0.1, 0.15) is 0 Å². The van der Waals surface area contributed by atoms with Crippen LogP contribution in [0.5, 0.6) is 0 Å². The zero-order valence-corrected chi connectivity index (χ0v) is 13.4. The third kappa shape index (κ3) is 3.53. The first-order valence-electron chi connectivity index (χ1n) is 8.62. The van der Waals surface area contributed by atoms with Gasteiger partial charge in [-0.3, -0.25) is 4.90 Å². The SMILES string of the molecule is CCN1CC(CN2CCN(C3CCN(C)CC3)CC2)C1. The standard InChI is InChI=1S/C16H32N4/c1-3-18-12-15(13-18)14-19-8-10-20(11-9-19)16-4-6-17(2)7-5-16/h15-16H,3-14H2,1-2H3. The zero-order valence-electron chi connectivity index (χ0n) is 13.4. The van der Waals surface area contributed by atoms with Gasteiger partial charge in [-0.05, 0) is 45.4 Å². The summed E-state index contributed by atoms with van der Waals surface area (Å²) < 4.78 is 0. The van der Waals surface area contributed by atoms with Crippen LogP contribution in [0.2, 0.25) is 0 Å². The van der Waals surface area contributed by atoms with Crippen LogP contribution in [-0.2, 0) is 0 Å². The molecule has 0 unspecified atom stereocenters. The van der Waals surface area contributed by atoms with Crippen LogP contribution in [0.3, 0.4) is 0 Å². The third-order valence-corrected chi connectivity index (χ3v) is 5.61. The van der Waals surface area contributed by atoms with Crippen molar-refractivity contribution in [2.24, 2.45) is 5.92 Å². The quantitative estimate of drug-likeness (QED) is 0.749. The van der Waals surface area contributed by atoms with Gasteiger partial charge in [0, 0.05) is 51.9 Å². The highest BCUT2D eigenvalue weighted by molar-refractivity contribution is 4.86. The fourth-order valence-corrected chi connectivity index (χ4v) is 4.09. The zero-order chi connectivity index (χ0) is 13.9. The van der Waals surface area contributed by atoms with Crippen LogP contribution < -0.4 is 0 Å². The van der Waals surface area contributed by atoms with E-state index in [1.54, 1.807) is 0 Å². The molecule has 4 nitrogen and oxygen atoms in total. The van der Waals surface area contributed by atoms with E-state index in [-0.39, 0.29) is 0 Å². The maximum Gasteiger partial charge on any atom is 0.0121 e. The Bertz CT molecular complexity index is 287. The first kappa shape index (κ1) is 14.8. The molecule has 0 aromatic carbocycles. The van der Waals surface area contributed by atoms with E-state index >= 15 is 0 Å². The minimum atomic E-state index is 0.868. The molecule has 0 N–H and O–H groups in total. The van der Waals surface area contributed by atoms with Crippen molar-refractivity contribution in [1.29, 1.82) is 0 Å². The monoisotopic (exact) mass is 280 g/mol. The van der Waals surface area contributed by atoms with Crippen LogP contribution >= 0.6 is 0 Å². The highest BCUT2D eigenvalue weighted by Crippen LogP contribution is 2.20. The molecule has 3 saturated heterocycles. The Morgan fingerprint density at radius 3 is 2.10 bits per heavy atom. The second-order valence-electron chi connectivity index (χ2n) is 7.09. The Balaban J connectivity index is 1.35. The van der Waals surface area contributed by atoms with Gasteiger partial charge in [0.05, 0.1) is 0 Å². The van der Waals surface area contributed by atoms with E-state index in [9.17, 15) is 0 Å². The Morgan fingerprint density at radius 1 is 0.850 bits per heavy atom. The summed E-state index contributed by atoms with van der Waals surface area (Å²) in [7, 11) is 2.26. The van der Waals surface area contributed by atoms with Gasteiger partial charge in [0.25, 0.3) is 0 Å². The lowest BCUT2D eigenvalue weighted by Crippen LogP contribution is -2.56. The summed E-state index contributed by atoms with van der Waals surface area (Å²) in [5, 5.41) is 0. The summed E-state index contributed by atoms with van der Waals surface area (Å²) in [5.74, 6) is 0.949. The number of rotatable bonds is 4. The van der Waals surface area contributed by atoms with E-state index in [1.807, 2.05) is 0 Å². The van der Waals surface area contributed by atoms with Crippen molar-refractivity contribution in [3.05, 3.63) is 0 Å². The second kappa shape index (κ2) is 6.73. The normalized spacial score (nSPS) is 29.7. The summed E-state index contributed by atoms with van der Waals surface area (Å²) >= 11 is 0. The van der Waals surface area contributed by atoms with Gasteiger partial charge in [-0.15, -0.1) is 0 Å². The van der Waals surface area contributed by atoms with E-state index < -0.39 is 0 Å². The lowest BCUT2D eigenvalue weighted by molar-refractivity contribution is 0.0298. The van der Waals surface area contributed by atoms with Crippen molar-refractivity contribution in [1.82, 2.24) is 19.6 Å². The number of piperazine rings is 1. The highest BCUT2D eigenvalue weighted by atomic mass is 15.3. The van der Waals surface area contributed by atoms with Crippen LogP contribution in [0.1, 0.15) is 19.8 Å². The average molecular weight is 280 g/mol. The van der Waals surface area contributed by atoms with E-state index in [0.717, 1.165) is 12.0 Å². The molecule has 0 bridgehead atoms. The van der Waals surface area contributed by atoms with Crippen LogP contribution in [0.25, 0.3) is 0 Å². The Morgan fingerprint density at radius 2 is 1.50 bits per heavy atom. The average Bonchev–Trinajstić information content (AvgIpc) is 2.44. The fraction of sp³-hybridized carbons (Fsp3) is 1.00. The largest absolute Gasteiger partial charge is 0.306 e. The predicted molar refractivity (Wildman–Crippen MR) is 84.1 cm³/mol. The maximum atomic E-state index is 2.77. The van der Waals surface area contributed by atoms with E-state index in [0.29, 0.717) is 0 Å². The van der Waals surface area contributed by atoms with Gasteiger partial charge in [-0.1, -0.05) is 6.92 Å². The molecule has 0 amide bonds. The number of hydrogen-bond donors (Lipinski definition) is 0. The first-order chi connectivity index (χ1) is 9.74.